The normalized spacial score (nSPS) is 12.3. The molecule has 112 valence electrons. The maximum atomic E-state index is 4.67. The fourth-order valence-corrected chi connectivity index (χ4v) is 3.53. The number of hydrogen-bond acceptors (Lipinski definition) is 3. The van der Waals surface area contributed by atoms with Gasteiger partial charge in [0.1, 0.15) is 16.4 Å². The summed E-state index contributed by atoms with van der Waals surface area (Å²) >= 11 is 1.75. The fourth-order valence-electron chi connectivity index (χ4n) is 2.48. The summed E-state index contributed by atoms with van der Waals surface area (Å²) in [6.07, 6.45) is 0. The molecule has 1 heterocycles. The van der Waals surface area contributed by atoms with E-state index in [9.17, 15) is 0 Å². The van der Waals surface area contributed by atoms with E-state index in [0.717, 1.165) is 11.0 Å². The van der Waals surface area contributed by atoms with Crippen LogP contribution < -0.4 is 0 Å². The van der Waals surface area contributed by atoms with E-state index in [1.807, 2.05) is 41.2 Å². The molecule has 0 saturated carbocycles. The first kappa shape index (κ1) is 14.0. The number of hydrogen-bond donors (Lipinski definition) is 0. The van der Waals surface area contributed by atoms with Crippen LogP contribution in [0.15, 0.2) is 89.8 Å². The summed E-state index contributed by atoms with van der Waals surface area (Å²) in [5.41, 5.74) is 3.02. The van der Waals surface area contributed by atoms with Crippen molar-refractivity contribution in [1.82, 2.24) is 15.0 Å². The van der Waals surface area contributed by atoms with Gasteiger partial charge in [0.15, 0.2) is 0 Å². The van der Waals surface area contributed by atoms with Gasteiger partial charge in [0.25, 0.3) is 0 Å². The lowest BCUT2D eigenvalue weighted by molar-refractivity contribution is 0.587. The number of nitrogens with zero attached hydrogens (tertiary/aromatic N) is 3. The van der Waals surface area contributed by atoms with Crippen molar-refractivity contribution in [3.63, 3.8) is 0 Å². The molecule has 0 spiro atoms. The highest BCUT2D eigenvalue weighted by Gasteiger charge is 2.18. The molecule has 0 saturated heterocycles. The maximum absolute atomic E-state index is 4.67. The Kier molecular flexibility index (Phi) is 3.82. The summed E-state index contributed by atoms with van der Waals surface area (Å²) in [4.78, 5) is 3.01. The van der Waals surface area contributed by atoms with Gasteiger partial charge in [-0.3, -0.25) is 0 Å². The monoisotopic (exact) mass is 317 g/mol. The molecule has 0 aliphatic rings. The summed E-state index contributed by atoms with van der Waals surface area (Å²) in [5, 5.41) is 9.35. The van der Waals surface area contributed by atoms with Gasteiger partial charge in [-0.25, -0.2) is 0 Å². The van der Waals surface area contributed by atoms with Crippen molar-refractivity contribution in [1.29, 1.82) is 0 Å². The minimum atomic E-state index is 0.00556. The minimum absolute atomic E-state index is 0.00556. The zero-order valence-corrected chi connectivity index (χ0v) is 13.2. The highest BCUT2D eigenvalue weighted by atomic mass is 32.2. The second kappa shape index (κ2) is 6.26. The van der Waals surface area contributed by atoms with Crippen LogP contribution in [0.3, 0.4) is 0 Å². The van der Waals surface area contributed by atoms with Crippen LogP contribution in [0.25, 0.3) is 11.0 Å². The molecule has 0 N–H and O–H groups in total. The van der Waals surface area contributed by atoms with Crippen molar-refractivity contribution in [3.8, 4) is 0 Å². The molecular weight excluding hydrogens is 302 g/mol. The van der Waals surface area contributed by atoms with Gasteiger partial charge in [-0.1, -0.05) is 72.4 Å². The lowest BCUT2D eigenvalue weighted by atomic mass is 10.2. The average Bonchev–Trinajstić information content (AvgIpc) is 3.05. The Bertz CT molecular complexity index is 870. The third-order valence-corrected chi connectivity index (χ3v) is 4.82. The SMILES string of the molecule is c1ccc(SC(c2ccccc2)n2nc3ccccc3n2)cc1. The van der Waals surface area contributed by atoms with Crippen molar-refractivity contribution in [2.45, 2.75) is 10.3 Å². The van der Waals surface area contributed by atoms with Crippen molar-refractivity contribution >= 4 is 22.8 Å². The van der Waals surface area contributed by atoms with Gasteiger partial charge >= 0.3 is 0 Å². The Morgan fingerprint density at radius 3 is 1.78 bits per heavy atom. The van der Waals surface area contributed by atoms with E-state index in [4.69, 9.17) is 0 Å². The molecule has 1 unspecified atom stereocenters. The third kappa shape index (κ3) is 2.98. The Morgan fingerprint density at radius 2 is 1.17 bits per heavy atom. The zero-order chi connectivity index (χ0) is 15.5. The lowest BCUT2D eigenvalue weighted by Gasteiger charge is -2.16. The van der Waals surface area contributed by atoms with Gasteiger partial charge in [-0.2, -0.15) is 15.0 Å². The van der Waals surface area contributed by atoms with E-state index in [0.29, 0.717) is 0 Å². The van der Waals surface area contributed by atoms with Gasteiger partial charge in [0, 0.05) is 4.90 Å². The zero-order valence-electron chi connectivity index (χ0n) is 12.4. The van der Waals surface area contributed by atoms with E-state index in [1.54, 1.807) is 11.8 Å². The number of rotatable bonds is 4. The molecule has 4 heteroatoms. The molecule has 23 heavy (non-hydrogen) atoms. The van der Waals surface area contributed by atoms with Crippen molar-refractivity contribution in [3.05, 3.63) is 90.5 Å². The highest BCUT2D eigenvalue weighted by molar-refractivity contribution is 7.99. The molecule has 0 radical (unpaired) electrons. The van der Waals surface area contributed by atoms with Crippen LogP contribution in [-0.2, 0) is 0 Å². The minimum Gasteiger partial charge on any atom is -0.165 e. The van der Waals surface area contributed by atoms with Crippen LogP contribution in [0.2, 0.25) is 0 Å². The second-order valence-corrected chi connectivity index (χ2v) is 6.36. The molecule has 3 nitrogen and oxygen atoms in total. The molecule has 0 fully saturated rings. The van der Waals surface area contributed by atoms with Crippen molar-refractivity contribution in [2.75, 3.05) is 0 Å². The molecule has 0 amide bonds. The average molecular weight is 317 g/mol. The van der Waals surface area contributed by atoms with E-state index in [1.165, 1.54) is 10.5 Å². The molecule has 0 bridgehead atoms. The number of fused-ring (bicyclic) bond motifs is 1. The van der Waals surface area contributed by atoms with Crippen molar-refractivity contribution in [2.24, 2.45) is 0 Å². The Labute approximate surface area is 139 Å². The number of benzene rings is 3. The molecular formula is C19H15N3S. The molecule has 0 aliphatic carbocycles. The summed E-state index contributed by atoms with van der Waals surface area (Å²) in [6, 6.07) is 28.7. The van der Waals surface area contributed by atoms with Gasteiger partial charge in [0.2, 0.25) is 0 Å². The van der Waals surface area contributed by atoms with Crippen molar-refractivity contribution < 1.29 is 0 Å². The Balaban J connectivity index is 1.78. The van der Waals surface area contributed by atoms with Crippen LogP contribution in [0.5, 0.6) is 0 Å². The molecule has 3 aromatic carbocycles. The van der Waals surface area contributed by atoms with Crippen LogP contribution >= 0.6 is 11.8 Å². The Hall–Kier alpha value is -2.59. The molecule has 4 rings (SSSR count). The lowest BCUT2D eigenvalue weighted by Crippen LogP contribution is -2.10. The van der Waals surface area contributed by atoms with E-state index in [-0.39, 0.29) is 5.37 Å². The maximum Gasteiger partial charge on any atom is 0.146 e. The van der Waals surface area contributed by atoms with Crippen LogP contribution in [-0.4, -0.2) is 15.0 Å². The first-order chi connectivity index (χ1) is 11.4. The standard InChI is InChI=1S/C19H15N3S/c1-3-9-15(10-4-1)19(23-16-11-5-2-6-12-16)22-20-17-13-7-8-14-18(17)21-22/h1-14,19H. The fraction of sp³-hybridized carbons (Fsp3) is 0.0526. The van der Waals surface area contributed by atoms with Crippen LogP contribution in [0.4, 0.5) is 0 Å². The number of aromatic nitrogens is 3. The predicted octanol–water partition coefficient (Wildman–Crippen LogP) is 4.77. The quantitative estimate of drug-likeness (QED) is 0.508. The molecule has 4 aromatic rings. The van der Waals surface area contributed by atoms with Gasteiger partial charge in [-0.15, -0.1) is 0 Å². The summed E-state index contributed by atoms with van der Waals surface area (Å²) in [7, 11) is 0. The highest BCUT2D eigenvalue weighted by Crippen LogP contribution is 2.35. The Morgan fingerprint density at radius 1 is 0.652 bits per heavy atom. The number of thioether (sulfide) groups is 1. The molecule has 0 aliphatic heterocycles. The van der Waals surface area contributed by atoms with Gasteiger partial charge in [0.05, 0.1) is 0 Å². The summed E-state index contributed by atoms with van der Waals surface area (Å²) in [5.74, 6) is 0. The predicted molar refractivity (Wildman–Crippen MR) is 94.4 cm³/mol. The van der Waals surface area contributed by atoms with Crippen LogP contribution in [0.1, 0.15) is 10.9 Å². The molecule has 1 atom stereocenters. The van der Waals surface area contributed by atoms with E-state index in [2.05, 4.69) is 58.7 Å². The first-order valence-corrected chi connectivity index (χ1v) is 8.36. The largest absolute Gasteiger partial charge is 0.165 e. The third-order valence-electron chi connectivity index (χ3n) is 3.59. The van der Waals surface area contributed by atoms with Crippen LogP contribution in [0, 0.1) is 0 Å². The molecule has 1 aromatic heterocycles. The summed E-state index contributed by atoms with van der Waals surface area (Å²) in [6.45, 7) is 0. The van der Waals surface area contributed by atoms with Gasteiger partial charge < -0.3 is 0 Å². The smallest absolute Gasteiger partial charge is 0.146 e. The van der Waals surface area contributed by atoms with Gasteiger partial charge in [-0.05, 0) is 29.8 Å². The van der Waals surface area contributed by atoms with E-state index < -0.39 is 0 Å². The first-order valence-electron chi connectivity index (χ1n) is 7.48. The summed E-state index contributed by atoms with van der Waals surface area (Å²) < 4.78 is 0. The van der Waals surface area contributed by atoms with E-state index >= 15 is 0 Å². The topological polar surface area (TPSA) is 30.7 Å². The second-order valence-electron chi connectivity index (χ2n) is 5.20.